The minimum Gasteiger partial charge on any atom is -0.433 e. The normalized spacial score (nSPS) is 17.1. The van der Waals surface area contributed by atoms with Crippen molar-refractivity contribution in [2.75, 3.05) is 0 Å². The molecule has 0 bridgehead atoms. The van der Waals surface area contributed by atoms with Crippen molar-refractivity contribution in [3.05, 3.63) is 48.0 Å². The molecule has 1 fully saturated rings. The Labute approximate surface area is 121 Å². The van der Waals surface area contributed by atoms with E-state index in [-0.39, 0.29) is 0 Å². The summed E-state index contributed by atoms with van der Waals surface area (Å²) in [5, 5.41) is 1.55. The molecule has 0 atom stereocenters. The topological polar surface area (TPSA) is 63.7 Å². The molecule has 2 aromatic rings. The van der Waals surface area contributed by atoms with Gasteiger partial charge in [-0.25, -0.2) is 4.79 Å². The summed E-state index contributed by atoms with van der Waals surface area (Å²) in [7, 11) is 0. The van der Waals surface area contributed by atoms with Crippen LogP contribution in [0.3, 0.4) is 0 Å². The molecule has 2 aromatic carbocycles. The van der Waals surface area contributed by atoms with Gasteiger partial charge in [-0.3, -0.25) is 9.59 Å². The highest BCUT2D eigenvalue weighted by Crippen LogP contribution is 2.27. The molecular formula is C16H13NO4. The van der Waals surface area contributed by atoms with E-state index in [2.05, 4.69) is 0 Å². The minimum atomic E-state index is -1.31. The second kappa shape index (κ2) is 4.41. The number of ether oxygens (including phenoxy) is 1. The zero-order valence-corrected chi connectivity index (χ0v) is 11.6. The van der Waals surface area contributed by atoms with Crippen LogP contribution in [-0.2, 0) is 9.53 Å². The molecule has 3 amide bonds. The first-order valence-corrected chi connectivity index (χ1v) is 6.51. The van der Waals surface area contributed by atoms with Gasteiger partial charge >= 0.3 is 6.09 Å². The lowest BCUT2D eigenvalue weighted by molar-refractivity contribution is -0.133. The van der Waals surface area contributed by atoms with Gasteiger partial charge in [-0.15, -0.1) is 0 Å². The maximum atomic E-state index is 12.6. The summed E-state index contributed by atoms with van der Waals surface area (Å²) in [6, 6.07) is 12.5. The third kappa shape index (κ3) is 1.98. The third-order valence-corrected chi connectivity index (χ3v) is 3.47. The van der Waals surface area contributed by atoms with Crippen molar-refractivity contribution in [1.29, 1.82) is 0 Å². The average Bonchev–Trinajstić information content (AvgIpc) is 2.66. The first kappa shape index (κ1) is 13.3. The highest BCUT2D eigenvalue weighted by atomic mass is 16.6. The number of imide groups is 3. The Morgan fingerprint density at radius 2 is 1.71 bits per heavy atom. The van der Waals surface area contributed by atoms with E-state index in [1.54, 1.807) is 24.3 Å². The van der Waals surface area contributed by atoms with Gasteiger partial charge in [0.25, 0.3) is 11.8 Å². The summed E-state index contributed by atoms with van der Waals surface area (Å²) < 4.78 is 4.94. The van der Waals surface area contributed by atoms with Crippen LogP contribution in [0.15, 0.2) is 42.5 Å². The van der Waals surface area contributed by atoms with Crippen molar-refractivity contribution in [1.82, 2.24) is 4.90 Å². The summed E-state index contributed by atoms with van der Waals surface area (Å²) in [5.41, 5.74) is -1.01. The van der Waals surface area contributed by atoms with Crippen LogP contribution in [0.25, 0.3) is 10.8 Å². The standard InChI is InChI=1S/C16H13NO4/c1-16(2)14(19)17(15(20)21-16)13(18)12-9-5-7-10-6-3-4-8-11(10)12/h3-9H,1-2H3. The van der Waals surface area contributed by atoms with Crippen molar-refractivity contribution < 1.29 is 19.1 Å². The van der Waals surface area contributed by atoms with Crippen LogP contribution in [0, 0.1) is 0 Å². The summed E-state index contributed by atoms with van der Waals surface area (Å²) in [5.74, 6) is -1.31. The highest BCUT2D eigenvalue weighted by Gasteiger charge is 2.50. The fourth-order valence-corrected chi connectivity index (χ4v) is 2.37. The molecule has 106 valence electrons. The SMILES string of the molecule is CC1(C)OC(=O)N(C(=O)c2cccc3ccccc23)C1=O. The molecule has 3 rings (SSSR count). The van der Waals surface area contributed by atoms with Crippen LogP contribution >= 0.6 is 0 Å². The van der Waals surface area contributed by atoms with Gasteiger partial charge in [0.2, 0.25) is 0 Å². The Kier molecular flexibility index (Phi) is 2.79. The fourth-order valence-electron chi connectivity index (χ4n) is 2.37. The van der Waals surface area contributed by atoms with Crippen molar-refractivity contribution >= 4 is 28.7 Å². The summed E-state index contributed by atoms with van der Waals surface area (Å²) in [6.45, 7) is 2.92. The van der Waals surface area contributed by atoms with E-state index in [9.17, 15) is 14.4 Å². The summed E-state index contributed by atoms with van der Waals surface area (Å²) in [6.07, 6.45) is -0.928. The smallest absolute Gasteiger partial charge is 0.425 e. The number of hydrogen-bond acceptors (Lipinski definition) is 4. The van der Waals surface area contributed by atoms with Gasteiger partial charge in [0.15, 0.2) is 5.60 Å². The number of rotatable bonds is 1. The second-order valence-corrected chi connectivity index (χ2v) is 5.35. The number of carbonyl (C=O) groups is 3. The molecule has 5 nitrogen and oxygen atoms in total. The number of nitrogens with zero attached hydrogens (tertiary/aromatic N) is 1. The second-order valence-electron chi connectivity index (χ2n) is 5.35. The highest BCUT2D eigenvalue weighted by molar-refractivity contribution is 6.22. The zero-order chi connectivity index (χ0) is 15.2. The molecule has 1 aliphatic rings. The van der Waals surface area contributed by atoms with E-state index >= 15 is 0 Å². The molecule has 0 saturated carbocycles. The third-order valence-electron chi connectivity index (χ3n) is 3.47. The van der Waals surface area contributed by atoms with E-state index in [1.165, 1.54) is 13.8 Å². The summed E-state index contributed by atoms with van der Waals surface area (Å²) >= 11 is 0. The van der Waals surface area contributed by atoms with E-state index in [0.717, 1.165) is 5.39 Å². The van der Waals surface area contributed by atoms with Crippen molar-refractivity contribution in [3.8, 4) is 0 Å². The molecule has 0 radical (unpaired) electrons. The van der Waals surface area contributed by atoms with Gasteiger partial charge in [0, 0.05) is 5.56 Å². The Morgan fingerprint density at radius 3 is 2.38 bits per heavy atom. The predicted octanol–water partition coefficient (Wildman–Crippen LogP) is 2.74. The van der Waals surface area contributed by atoms with E-state index < -0.39 is 23.5 Å². The number of carbonyl (C=O) groups excluding carboxylic acids is 3. The molecule has 1 aliphatic heterocycles. The number of hydrogen-bond donors (Lipinski definition) is 0. The number of fused-ring (bicyclic) bond motifs is 1. The van der Waals surface area contributed by atoms with Crippen molar-refractivity contribution in [3.63, 3.8) is 0 Å². The van der Waals surface area contributed by atoms with Gasteiger partial charge in [-0.05, 0) is 30.7 Å². The Hall–Kier alpha value is -2.69. The minimum absolute atomic E-state index is 0.302. The van der Waals surface area contributed by atoms with Crippen molar-refractivity contribution in [2.45, 2.75) is 19.4 Å². The Balaban J connectivity index is 2.10. The maximum absolute atomic E-state index is 12.6. The molecule has 21 heavy (non-hydrogen) atoms. The molecule has 1 heterocycles. The largest absolute Gasteiger partial charge is 0.433 e. The fraction of sp³-hybridized carbons (Fsp3) is 0.188. The molecule has 5 heteroatoms. The van der Waals surface area contributed by atoms with E-state index in [1.807, 2.05) is 18.2 Å². The predicted molar refractivity (Wildman–Crippen MR) is 75.7 cm³/mol. The Bertz CT molecular complexity index is 773. The van der Waals surface area contributed by atoms with Crippen LogP contribution in [0.5, 0.6) is 0 Å². The molecule has 0 N–H and O–H groups in total. The van der Waals surface area contributed by atoms with Gasteiger partial charge in [0.05, 0.1) is 0 Å². The van der Waals surface area contributed by atoms with Crippen LogP contribution in [0.4, 0.5) is 4.79 Å². The van der Waals surface area contributed by atoms with Crippen LogP contribution < -0.4 is 0 Å². The van der Waals surface area contributed by atoms with E-state index in [0.29, 0.717) is 15.8 Å². The first-order valence-electron chi connectivity index (χ1n) is 6.51. The van der Waals surface area contributed by atoms with Gasteiger partial charge in [-0.1, -0.05) is 36.4 Å². The quantitative estimate of drug-likeness (QED) is 0.755. The number of benzene rings is 2. The van der Waals surface area contributed by atoms with Gasteiger partial charge in [-0.2, -0.15) is 4.90 Å². The molecular weight excluding hydrogens is 270 g/mol. The number of cyclic esters (lactones) is 1. The molecule has 0 spiro atoms. The average molecular weight is 283 g/mol. The van der Waals surface area contributed by atoms with Crippen LogP contribution in [-0.4, -0.2) is 28.4 Å². The van der Waals surface area contributed by atoms with Gasteiger partial charge < -0.3 is 4.74 Å². The first-order chi connectivity index (χ1) is 9.92. The van der Waals surface area contributed by atoms with Crippen LogP contribution in [0.1, 0.15) is 24.2 Å². The summed E-state index contributed by atoms with van der Waals surface area (Å²) in [4.78, 5) is 37.1. The van der Waals surface area contributed by atoms with Crippen molar-refractivity contribution in [2.24, 2.45) is 0 Å². The maximum Gasteiger partial charge on any atom is 0.425 e. The van der Waals surface area contributed by atoms with Gasteiger partial charge in [0.1, 0.15) is 0 Å². The lowest BCUT2D eigenvalue weighted by atomic mass is 10.0. The molecule has 0 unspecified atom stereocenters. The molecule has 0 aromatic heterocycles. The zero-order valence-electron chi connectivity index (χ0n) is 11.6. The lowest BCUT2D eigenvalue weighted by Crippen LogP contribution is -2.40. The number of amides is 3. The Morgan fingerprint density at radius 1 is 1.05 bits per heavy atom. The van der Waals surface area contributed by atoms with E-state index in [4.69, 9.17) is 4.74 Å². The van der Waals surface area contributed by atoms with Crippen LogP contribution in [0.2, 0.25) is 0 Å². The lowest BCUT2D eigenvalue weighted by Gasteiger charge is -2.13. The molecule has 1 saturated heterocycles. The molecule has 0 aliphatic carbocycles. The monoisotopic (exact) mass is 283 g/mol.